The lowest BCUT2D eigenvalue weighted by Gasteiger charge is -2.14. The molecule has 6 nitrogen and oxygen atoms in total. The van der Waals surface area contributed by atoms with E-state index in [4.69, 9.17) is 29.3 Å². The maximum Gasteiger partial charge on any atom is 0.227 e. The first-order valence-corrected chi connectivity index (χ1v) is 23.8. The maximum atomic E-state index is 6.69. The van der Waals surface area contributed by atoms with Crippen LogP contribution >= 0.6 is 0 Å². The van der Waals surface area contributed by atoms with Crippen molar-refractivity contribution in [2.24, 2.45) is 0 Å². The Morgan fingerprint density at radius 1 is 0.239 bits per heavy atom. The third-order valence-corrected chi connectivity index (χ3v) is 13.6. The largest absolute Gasteiger partial charge is 0.436 e. The van der Waals surface area contributed by atoms with Crippen molar-refractivity contribution >= 4 is 65.0 Å². The molecule has 0 amide bonds. The summed E-state index contributed by atoms with van der Waals surface area (Å²) in [6.07, 6.45) is 0. The van der Waals surface area contributed by atoms with E-state index in [1.165, 1.54) is 0 Å². The first kappa shape index (κ1) is 40.4. The van der Waals surface area contributed by atoms with Gasteiger partial charge in [0.2, 0.25) is 5.89 Å². The lowest BCUT2D eigenvalue weighted by Crippen LogP contribution is -1.99. The van der Waals surface area contributed by atoms with E-state index in [0.717, 1.165) is 121 Å². The van der Waals surface area contributed by atoms with Gasteiger partial charge in [-0.3, -0.25) is 0 Å². The fourth-order valence-electron chi connectivity index (χ4n) is 9.93. The van der Waals surface area contributed by atoms with E-state index < -0.39 is 0 Å². The minimum atomic E-state index is 0.473. The number of nitrogens with zero attached hydrogens (tertiary/aromatic N) is 5. The Bertz CT molecular complexity index is 4020. The normalized spacial score (nSPS) is 11.7. The van der Waals surface area contributed by atoms with E-state index in [9.17, 15) is 0 Å². The molecule has 0 aliphatic heterocycles. The zero-order valence-corrected chi connectivity index (χ0v) is 38.2. The number of benzene rings is 11. The molecule has 0 aliphatic carbocycles. The summed E-state index contributed by atoms with van der Waals surface area (Å²) in [5.41, 5.74) is 10.9. The van der Waals surface area contributed by atoms with Crippen LogP contribution in [0.2, 0.25) is 0 Å². The summed E-state index contributed by atoms with van der Waals surface area (Å²) < 4.78 is 6.69. The highest BCUT2D eigenvalue weighted by Crippen LogP contribution is 2.38. The Morgan fingerprint density at radius 3 is 0.986 bits per heavy atom. The first-order chi connectivity index (χ1) is 35.1. The minimum Gasteiger partial charge on any atom is -0.436 e. The lowest BCUT2D eigenvalue weighted by molar-refractivity contribution is 0.620. The molecule has 0 unspecified atom stereocenters. The summed E-state index contributed by atoms with van der Waals surface area (Å²) in [5, 5.41) is 11.3. The van der Waals surface area contributed by atoms with Crippen LogP contribution in [0.15, 0.2) is 241 Å². The number of hydrogen-bond donors (Lipinski definition) is 0. The van der Waals surface area contributed by atoms with Gasteiger partial charge in [-0.1, -0.05) is 176 Å². The summed E-state index contributed by atoms with van der Waals surface area (Å²) in [6, 6.07) is 82.5. The fraction of sp³-hybridized carbons (Fsp3) is 0. The van der Waals surface area contributed by atoms with Gasteiger partial charge in [-0.25, -0.2) is 24.9 Å². The summed E-state index contributed by atoms with van der Waals surface area (Å²) in [4.78, 5) is 26.8. The third-order valence-electron chi connectivity index (χ3n) is 13.6. The number of oxazole rings is 1. The Kier molecular flexibility index (Phi) is 9.42. The highest BCUT2D eigenvalue weighted by molar-refractivity contribution is 6.04. The predicted octanol–water partition coefficient (Wildman–Crippen LogP) is 16.8. The first-order valence-electron chi connectivity index (χ1n) is 23.8. The van der Waals surface area contributed by atoms with Gasteiger partial charge in [0.1, 0.15) is 5.52 Å². The van der Waals surface area contributed by atoms with Crippen LogP contribution in [0.4, 0.5) is 0 Å². The Morgan fingerprint density at radius 2 is 0.577 bits per heavy atom. The van der Waals surface area contributed by atoms with Crippen LogP contribution in [-0.4, -0.2) is 24.9 Å². The van der Waals surface area contributed by atoms with Crippen molar-refractivity contribution in [3.63, 3.8) is 0 Å². The van der Waals surface area contributed by atoms with Gasteiger partial charge in [0.05, 0.1) is 22.8 Å². The van der Waals surface area contributed by atoms with E-state index in [1.54, 1.807) is 0 Å². The number of aromatic nitrogens is 5. The molecular weight excluding hydrogens is 867 g/mol. The average molecular weight is 906 g/mol. The lowest BCUT2D eigenvalue weighted by atomic mass is 10.00. The molecule has 3 aromatic heterocycles. The summed E-state index contributed by atoms with van der Waals surface area (Å²) in [6.45, 7) is 0. The van der Waals surface area contributed by atoms with Crippen molar-refractivity contribution in [1.82, 2.24) is 24.9 Å². The molecule has 71 heavy (non-hydrogen) atoms. The van der Waals surface area contributed by atoms with Crippen molar-refractivity contribution in [3.8, 4) is 79.3 Å². The number of fused-ring (bicyclic) bond motifs is 7. The zero-order chi connectivity index (χ0) is 46.8. The SMILES string of the molecule is c1ccc2cc(-c3cc(-c4ccc5ccccc5c4)nc(-c4cc(-c5nc(-c6ccc7ccccc7c6)cc(-c6ccc7ccccc7c6)n5)cc(-c5nc6c(ccc7ccccc76)o5)c4)n3)ccc2c1. The molecule has 11 aromatic carbocycles. The monoisotopic (exact) mass is 905 g/mol. The van der Waals surface area contributed by atoms with Crippen LogP contribution in [0.3, 0.4) is 0 Å². The van der Waals surface area contributed by atoms with Gasteiger partial charge in [0.15, 0.2) is 17.2 Å². The van der Waals surface area contributed by atoms with Gasteiger partial charge in [-0.15, -0.1) is 0 Å². The highest BCUT2D eigenvalue weighted by atomic mass is 16.3. The molecule has 330 valence electrons. The number of rotatable bonds is 7. The van der Waals surface area contributed by atoms with Crippen molar-refractivity contribution in [2.45, 2.75) is 0 Å². The van der Waals surface area contributed by atoms with E-state index in [0.29, 0.717) is 23.1 Å². The Balaban J connectivity index is 1.02. The molecule has 0 bridgehead atoms. The van der Waals surface area contributed by atoms with Crippen LogP contribution in [0.5, 0.6) is 0 Å². The maximum absolute atomic E-state index is 6.69. The van der Waals surface area contributed by atoms with Crippen LogP contribution in [-0.2, 0) is 0 Å². The average Bonchev–Trinajstić information content (AvgIpc) is 3.90. The molecule has 0 fully saturated rings. The molecule has 0 N–H and O–H groups in total. The number of hydrogen-bond acceptors (Lipinski definition) is 6. The highest BCUT2D eigenvalue weighted by Gasteiger charge is 2.20. The molecule has 0 saturated carbocycles. The van der Waals surface area contributed by atoms with Gasteiger partial charge < -0.3 is 4.42 Å². The summed E-state index contributed by atoms with van der Waals surface area (Å²) >= 11 is 0. The van der Waals surface area contributed by atoms with Gasteiger partial charge in [0.25, 0.3) is 0 Å². The standard InChI is InChI=1S/C65H39N5O/c1-5-16-45-31-49(25-21-40(45)11-1)57-38-58(50-26-22-41-12-2-6-17-46(41)32-50)67-63(66-57)53-35-54(37-55(36-53)65-70-62-56-20-10-9-15-44(56)29-30-61(62)71-65)64-68-59(51-27-23-42-13-3-7-18-47(42)33-51)39-60(69-64)52-28-24-43-14-4-8-19-48(43)34-52/h1-39H. The summed E-state index contributed by atoms with van der Waals surface area (Å²) in [5.74, 6) is 1.56. The van der Waals surface area contributed by atoms with Crippen LogP contribution in [0, 0.1) is 0 Å². The van der Waals surface area contributed by atoms with Crippen LogP contribution in [0.1, 0.15) is 0 Å². The molecule has 3 heterocycles. The van der Waals surface area contributed by atoms with Crippen molar-refractivity contribution in [2.75, 3.05) is 0 Å². The molecule has 0 aliphatic rings. The molecule has 14 aromatic rings. The van der Waals surface area contributed by atoms with Gasteiger partial charge >= 0.3 is 0 Å². The van der Waals surface area contributed by atoms with Crippen molar-refractivity contribution in [3.05, 3.63) is 237 Å². The van der Waals surface area contributed by atoms with Crippen LogP contribution in [0.25, 0.3) is 144 Å². The van der Waals surface area contributed by atoms with E-state index >= 15 is 0 Å². The van der Waals surface area contributed by atoms with E-state index in [2.05, 4.69) is 218 Å². The smallest absolute Gasteiger partial charge is 0.227 e. The van der Waals surface area contributed by atoms with E-state index in [-0.39, 0.29) is 0 Å². The molecule has 0 saturated heterocycles. The van der Waals surface area contributed by atoms with Crippen LogP contribution < -0.4 is 0 Å². The van der Waals surface area contributed by atoms with Crippen molar-refractivity contribution in [1.29, 1.82) is 0 Å². The predicted molar refractivity (Wildman–Crippen MR) is 291 cm³/mol. The van der Waals surface area contributed by atoms with Gasteiger partial charge in [0, 0.05) is 44.3 Å². The van der Waals surface area contributed by atoms with Crippen molar-refractivity contribution < 1.29 is 4.42 Å². The topological polar surface area (TPSA) is 77.6 Å². The fourth-order valence-corrected chi connectivity index (χ4v) is 9.93. The molecular formula is C65H39N5O. The van der Waals surface area contributed by atoms with Gasteiger partial charge in [-0.2, -0.15) is 0 Å². The molecule has 0 spiro atoms. The molecule has 6 heteroatoms. The van der Waals surface area contributed by atoms with Gasteiger partial charge in [-0.05, 0) is 109 Å². The molecule has 0 atom stereocenters. The second-order valence-corrected chi connectivity index (χ2v) is 18.1. The Labute approximate surface area is 408 Å². The molecule has 14 rings (SSSR count). The third kappa shape index (κ3) is 7.43. The minimum absolute atomic E-state index is 0.473. The second kappa shape index (κ2) is 16.5. The quantitative estimate of drug-likeness (QED) is 0.159. The molecule has 0 radical (unpaired) electrons. The van der Waals surface area contributed by atoms with E-state index in [1.807, 2.05) is 18.2 Å². The zero-order valence-electron chi connectivity index (χ0n) is 38.2. The summed E-state index contributed by atoms with van der Waals surface area (Å²) in [7, 11) is 0. The Hall–Kier alpha value is -9.65. The second-order valence-electron chi connectivity index (χ2n) is 18.1.